The summed E-state index contributed by atoms with van der Waals surface area (Å²) in [5, 5.41) is 13.7. The normalized spacial score (nSPS) is 12.0. The Morgan fingerprint density at radius 1 is 1.32 bits per heavy atom. The predicted octanol–water partition coefficient (Wildman–Crippen LogP) is 2.82. The number of halogens is 1. The molecule has 1 atom stereocenters. The zero-order chi connectivity index (χ0) is 15.6. The van der Waals surface area contributed by atoms with Crippen LogP contribution in [-0.4, -0.2) is 38.8 Å². The molecule has 0 aliphatic carbocycles. The molecule has 0 bridgehead atoms. The lowest BCUT2D eigenvalue weighted by atomic mass is 10.1. The summed E-state index contributed by atoms with van der Waals surface area (Å²) in [6, 6.07) is 9.41. The molecule has 5 nitrogen and oxygen atoms in total. The van der Waals surface area contributed by atoms with Gasteiger partial charge in [-0.3, -0.25) is 9.69 Å². The van der Waals surface area contributed by atoms with Gasteiger partial charge in [0.2, 0.25) is 0 Å². The van der Waals surface area contributed by atoms with Gasteiger partial charge in [0, 0.05) is 17.8 Å². The van der Waals surface area contributed by atoms with Crippen LogP contribution in [0.2, 0.25) is 0 Å². The zero-order valence-corrected chi connectivity index (χ0v) is 14.1. The van der Waals surface area contributed by atoms with E-state index in [4.69, 9.17) is 5.11 Å². The third kappa shape index (κ3) is 3.67. The van der Waals surface area contributed by atoms with E-state index in [0.29, 0.717) is 6.54 Å². The fourth-order valence-corrected chi connectivity index (χ4v) is 2.30. The predicted molar refractivity (Wildman–Crippen MR) is 88.9 cm³/mol. The molecule has 0 saturated heterocycles. The maximum atomic E-state index is 11.1. The smallest absolute Gasteiger partial charge is 0.320 e. The van der Waals surface area contributed by atoms with E-state index in [1.165, 1.54) is 0 Å². The van der Waals surface area contributed by atoms with Crippen LogP contribution >= 0.6 is 12.4 Å². The average Bonchev–Trinajstić information content (AvgIpc) is 2.75. The van der Waals surface area contributed by atoms with Crippen LogP contribution in [0.15, 0.2) is 30.3 Å². The van der Waals surface area contributed by atoms with Gasteiger partial charge in [0.1, 0.15) is 6.04 Å². The van der Waals surface area contributed by atoms with Crippen molar-refractivity contribution in [3.05, 3.63) is 47.3 Å². The fourth-order valence-electron chi connectivity index (χ4n) is 2.30. The first kappa shape index (κ1) is 18.2. The van der Waals surface area contributed by atoms with Gasteiger partial charge < -0.3 is 5.11 Å². The molecule has 22 heavy (non-hydrogen) atoms. The maximum Gasteiger partial charge on any atom is 0.320 e. The maximum absolute atomic E-state index is 11.1. The number of aromatic nitrogens is 2. The van der Waals surface area contributed by atoms with E-state index in [1.807, 2.05) is 60.8 Å². The third-order valence-corrected chi connectivity index (χ3v) is 3.87. The molecule has 1 aromatic heterocycles. The summed E-state index contributed by atoms with van der Waals surface area (Å²) >= 11 is 0. The van der Waals surface area contributed by atoms with Crippen molar-refractivity contribution >= 4 is 18.4 Å². The van der Waals surface area contributed by atoms with E-state index in [1.54, 1.807) is 6.92 Å². The largest absolute Gasteiger partial charge is 0.480 e. The lowest BCUT2D eigenvalue weighted by Crippen LogP contribution is -2.35. The van der Waals surface area contributed by atoms with Crippen LogP contribution in [-0.2, 0) is 11.3 Å². The number of carboxylic acids is 1. The van der Waals surface area contributed by atoms with Crippen molar-refractivity contribution in [3.63, 3.8) is 0 Å². The molecule has 6 heteroatoms. The standard InChI is InChI=1S/C16H21N3O2.ClH/c1-11-15(10-18(4)13(3)16(20)21)12(2)19(17-11)14-8-6-5-7-9-14;/h5-9,13H,10H2,1-4H3,(H,20,21);1H. The van der Waals surface area contributed by atoms with Crippen LogP contribution in [0.3, 0.4) is 0 Å². The molecular weight excluding hydrogens is 302 g/mol. The van der Waals surface area contributed by atoms with E-state index in [9.17, 15) is 4.79 Å². The second kappa shape index (κ2) is 7.42. The number of hydrogen-bond acceptors (Lipinski definition) is 3. The summed E-state index contributed by atoms with van der Waals surface area (Å²) in [6.07, 6.45) is 0. The molecule has 0 aliphatic heterocycles. The Labute approximate surface area is 137 Å². The minimum absolute atomic E-state index is 0. The molecule has 0 radical (unpaired) electrons. The average molecular weight is 324 g/mol. The minimum Gasteiger partial charge on any atom is -0.480 e. The van der Waals surface area contributed by atoms with Gasteiger partial charge in [0.05, 0.1) is 11.4 Å². The first-order chi connectivity index (χ1) is 9.91. The number of carboxylic acid groups (broad SMARTS) is 1. The zero-order valence-electron chi connectivity index (χ0n) is 13.3. The van der Waals surface area contributed by atoms with Gasteiger partial charge in [-0.25, -0.2) is 4.68 Å². The molecule has 1 heterocycles. The second-order valence-corrected chi connectivity index (χ2v) is 5.33. The van der Waals surface area contributed by atoms with Gasteiger partial charge in [0.15, 0.2) is 0 Å². The van der Waals surface area contributed by atoms with Gasteiger partial charge in [-0.05, 0) is 40.0 Å². The summed E-state index contributed by atoms with van der Waals surface area (Å²) in [4.78, 5) is 12.9. The molecule has 2 rings (SSSR count). The van der Waals surface area contributed by atoms with Crippen molar-refractivity contribution in [1.82, 2.24) is 14.7 Å². The fraction of sp³-hybridized carbons (Fsp3) is 0.375. The van der Waals surface area contributed by atoms with Crippen molar-refractivity contribution in [1.29, 1.82) is 0 Å². The van der Waals surface area contributed by atoms with E-state index >= 15 is 0 Å². The third-order valence-electron chi connectivity index (χ3n) is 3.87. The number of likely N-dealkylation sites (N-methyl/N-ethyl adjacent to an activating group) is 1. The molecule has 2 aromatic rings. The molecule has 0 amide bonds. The van der Waals surface area contributed by atoms with Crippen molar-refractivity contribution < 1.29 is 9.90 Å². The first-order valence-corrected chi connectivity index (χ1v) is 6.95. The SMILES string of the molecule is Cc1nn(-c2ccccc2)c(C)c1CN(C)C(C)C(=O)O.Cl. The van der Waals surface area contributed by atoms with Crippen LogP contribution in [0, 0.1) is 13.8 Å². The number of carbonyl (C=O) groups is 1. The summed E-state index contributed by atoms with van der Waals surface area (Å²) in [6.45, 7) is 6.23. The Kier molecular flexibility index (Phi) is 6.14. The molecule has 0 aliphatic rings. The molecule has 120 valence electrons. The Bertz CT molecular complexity index is 640. The summed E-state index contributed by atoms with van der Waals surface area (Å²) in [5.41, 5.74) is 4.07. The Balaban J connectivity index is 0.00000242. The van der Waals surface area contributed by atoms with Gasteiger partial charge in [-0.15, -0.1) is 12.4 Å². The van der Waals surface area contributed by atoms with Gasteiger partial charge >= 0.3 is 5.97 Å². The Hall–Kier alpha value is -1.85. The molecule has 0 fully saturated rings. The summed E-state index contributed by atoms with van der Waals surface area (Å²) < 4.78 is 1.91. The van der Waals surface area contributed by atoms with Crippen LogP contribution in [0.25, 0.3) is 5.69 Å². The molecule has 1 unspecified atom stereocenters. The number of benzene rings is 1. The van der Waals surface area contributed by atoms with Crippen molar-refractivity contribution in [2.24, 2.45) is 0 Å². The molecule has 1 N–H and O–H groups in total. The van der Waals surface area contributed by atoms with E-state index in [2.05, 4.69) is 5.10 Å². The molecular formula is C16H22ClN3O2. The van der Waals surface area contributed by atoms with E-state index in [-0.39, 0.29) is 12.4 Å². The monoisotopic (exact) mass is 323 g/mol. The topological polar surface area (TPSA) is 58.4 Å². The number of nitrogens with zero attached hydrogens (tertiary/aromatic N) is 3. The summed E-state index contributed by atoms with van der Waals surface area (Å²) in [7, 11) is 1.82. The van der Waals surface area contributed by atoms with Gasteiger partial charge in [0.25, 0.3) is 0 Å². The van der Waals surface area contributed by atoms with Crippen molar-refractivity contribution in [2.75, 3.05) is 7.05 Å². The van der Waals surface area contributed by atoms with Crippen molar-refractivity contribution in [2.45, 2.75) is 33.4 Å². The quantitative estimate of drug-likeness (QED) is 0.919. The van der Waals surface area contributed by atoms with E-state index < -0.39 is 12.0 Å². The second-order valence-electron chi connectivity index (χ2n) is 5.33. The number of hydrogen-bond donors (Lipinski definition) is 1. The molecule has 0 spiro atoms. The number of aryl methyl sites for hydroxylation is 1. The highest BCUT2D eigenvalue weighted by Crippen LogP contribution is 2.19. The Morgan fingerprint density at radius 2 is 1.91 bits per heavy atom. The van der Waals surface area contributed by atoms with Crippen LogP contribution in [0.1, 0.15) is 23.9 Å². The lowest BCUT2D eigenvalue weighted by molar-refractivity contribution is -0.142. The lowest BCUT2D eigenvalue weighted by Gasteiger charge is -2.21. The minimum atomic E-state index is -0.816. The highest BCUT2D eigenvalue weighted by Gasteiger charge is 2.20. The Morgan fingerprint density at radius 3 is 2.45 bits per heavy atom. The first-order valence-electron chi connectivity index (χ1n) is 6.95. The van der Waals surface area contributed by atoms with Crippen LogP contribution < -0.4 is 0 Å². The van der Waals surface area contributed by atoms with Crippen LogP contribution in [0.5, 0.6) is 0 Å². The highest BCUT2D eigenvalue weighted by atomic mass is 35.5. The molecule has 1 aromatic carbocycles. The number of aliphatic carboxylic acids is 1. The molecule has 0 saturated carbocycles. The highest BCUT2D eigenvalue weighted by molar-refractivity contribution is 5.85. The van der Waals surface area contributed by atoms with Crippen LogP contribution in [0.4, 0.5) is 0 Å². The van der Waals surface area contributed by atoms with E-state index in [0.717, 1.165) is 22.6 Å². The van der Waals surface area contributed by atoms with Gasteiger partial charge in [-0.2, -0.15) is 5.10 Å². The van der Waals surface area contributed by atoms with Gasteiger partial charge in [-0.1, -0.05) is 18.2 Å². The number of rotatable bonds is 5. The van der Waals surface area contributed by atoms with Crippen molar-refractivity contribution in [3.8, 4) is 5.69 Å². The summed E-state index contributed by atoms with van der Waals surface area (Å²) in [5.74, 6) is -0.816. The number of para-hydroxylation sites is 1.